The summed E-state index contributed by atoms with van der Waals surface area (Å²) in [6.45, 7) is 8.26. The fourth-order valence-electron chi connectivity index (χ4n) is 4.67. The Labute approximate surface area is 238 Å². The van der Waals surface area contributed by atoms with Gasteiger partial charge in [0.1, 0.15) is 5.60 Å². The van der Waals surface area contributed by atoms with Crippen LogP contribution in [0.25, 0.3) is 11.1 Å². The molecule has 0 aliphatic carbocycles. The summed E-state index contributed by atoms with van der Waals surface area (Å²) in [5.41, 5.74) is 1.41. The van der Waals surface area contributed by atoms with Crippen LogP contribution in [-0.4, -0.2) is 69.0 Å². The smallest absolute Gasteiger partial charge is 0.410 e. The number of nitrogens with zero attached hydrogens (tertiary/aromatic N) is 5. The van der Waals surface area contributed by atoms with Gasteiger partial charge < -0.3 is 14.4 Å². The Kier molecular flexibility index (Phi) is 8.78. The third-order valence-electron chi connectivity index (χ3n) is 6.45. The molecule has 0 N–H and O–H groups in total. The molecular weight excluding hydrogens is 534 g/mol. The highest BCUT2D eigenvalue weighted by atomic mass is 35.5. The zero-order chi connectivity index (χ0) is 29.0. The molecule has 4 rings (SSSR count). The number of ether oxygens (including phenoxy) is 2. The Hall–Kier alpha value is -3.92. The zero-order valence-corrected chi connectivity index (χ0v) is 24.1. The predicted octanol–water partition coefficient (Wildman–Crippen LogP) is 5.36. The molecule has 3 heterocycles. The molecule has 11 heteroatoms. The van der Waals surface area contributed by atoms with Crippen LogP contribution in [0.1, 0.15) is 61.4 Å². The van der Waals surface area contributed by atoms with E-state index in [2.05, 4.69) is 10.1 Å². The molecule has 1 unspecified atom stereocenters. The van der Waals surface area contributed by atoms with Gasteiger partial charge in [-0.1, -0.05) is 23.7 Å². The number of likely N-dealkylation sites (tertiary alicyclic amines) is 1. The monoisotopic (exact) mass is 567 g/mol. The second kappa shape index (κ2) is 12.1. The van der Waals surface area contributed by atoms with Crippen molar-refractivity contribution >= 4 is 35.4 Å². The molecule has 2 amide bonds. The lowest BCUT2D eigenvalue weighted by Gasteiger charge is -2.39. The van der Waals surface area contributed by atoms with Crippen molar-refractivity contribution in [1.29, 1.82) is 0 Å². The van der Waals surface area contributed by atoms with Crippen LogP contribution in [0.4, 0.5) is 10.6 Å². The van der Waals surface area contributed by atoms with E-state index in [1.165, 1.54) is 4.68 Å². The number of halogens is 1. The number of carbonyl (C=O) groups is 3. The molecule has 10 nitrogen and oxygen atoms in total. The number of benzene rings is 1. The van der Waals surface area contributed by atoms with Crippen LogP contribution < -0.4 is 4.90 Å². The molecule has 3 aromatic rings. The minimum Gasteiger partial charge on any atom is -0.461 e. The normalized spacial score (nSPS) is 15.4. The molecule has 0 spiro atoms. The molecule has 1 aliphatic heterocycles. The van der Waals surface area contributed by atoms with E-state index < -0.39 is 17.7 Å². The predicted molar refractivity (Wildman–Crippen MR) is 151 cm³/mol. The van der Waals surface area contributed by atoms with Gasteiger partial charge in [-0.3, -0.25) is 14.4 Å². The number of pyridine rings is 1. The Morgan fingerprint density at radius 1 is 1.15 bits per heavy atom. The van der Waals surface area contributed by atoms with Gasteiger partial charge in [0.05, 0.1) is 23.9 Å². The number of hydrogen-bond donors (Lipinski definition) is 0. The lowest BCUT2D eigenvalue weighted by atomic mass is 10.0. The standard InChI is InChI=1S/C29H34ClN5O5/c1-6-39-27(37)24-22(17-32-33(24)5)19-11-13-20(14-12-19)26(36)35(25-23(30)10-7-15-31-25)21-9-8-16-34(18-21)28(38)40-29(2,3)4/h7,10-15,17,21H,6,8-9,16,18H2,1-5H3. The van der Waals surface area contributed by atoms with Gasteiger partial charge in [0.2, 0.25) is 0 Å². The minimum absolute atomic E-state index is 0.245. The van der Waals surface area contributed by atoms with Gasteiger partial charge in [0.15, 0.2) is 11.5 Å². The number of esters is 1. The van der Waals surface area contributed by atoms with Gasteiger partial charge >= 0.3 is 12.1 Å². The van der Waals surface area contributed by atoms with Crippen molar-refractivity contribution in [3.05, 3.63) is 65.1 Å². The topological polar surface area (TPSA) is 107 Å². The van der Waals surface area contributed by atoms with Crippen LogP contribution in [0.5, 0.6) is 0 Å². The number of hydrogen-bond acceptors (Lipinski definition) is 7. The van der Waals surface area contributed by atoms with Crippen LogP contribution in [0, 0.1) is 0 Å². The maximum Gasteiger partial charge on any atom is 0.410 e. The quantitative estimate of drug-likeness (QED) is 0.369. The highest BCUT2D eigenvalue weighted by Crippen LogP contribution is 2.31. The van der Waals surface area contributed by atoms with Gasteiger partial charge in [-0.2, -0.15) is 5.10 Å². The van der Waals surface area contributed by atoms with E-state index in [0.717, 1.165) is 0 Å². The number of amides is 2. The lowest BCUT2D eigenvalue weighted by molar-refractivity contribution is 0.0195. The molecule has 1 aliphatic rings. The van der Waals surface area contributed by atoms with Crippen molar-refractivity contribution in [2.24, 2.45) is 7.05 Å². The SMILES string of the molecule is CCOC(=O)c1c(-c2ccc(C(=O)N(c3ncccc3Cl)C3CCCN(C(=O)OC(C)(C)C)C3)cc2)cnn1C. The Morgan fingerprint density at radius 2 is 1.88 bits per heavy atom. The molecule has 212 valence electrons. The van der Waals surface area contributed by atoms with Crippen LogP contribution >= 0.6 is 11.6 Å². The van der Waals surface area contributed by atoms with Crippen molar-refractivity contribution in [3.63, 3.8) is 0 Å². The number of anilines is 1. The molecular formula is C29H34ClN5O5. The first-order valence-electron chi connectivity index (χ1n) is 13.2. The Bertz CT molecular complexity index is 1380. The van der Waals surface area contributed by atoms with E-state index in [0.29, 0.717) is 52.6 Å². The third-order valence-corrected chi connectivity index (χ3v) is 6.74. The summed E-state index contributed by atoms with van der Waals surface area (Å²) >= 11 is 6.52. The van der Waals surface area contributed by atoms with E-state index in [4.69, 9.17) is 21.1 Å². The number of aromatic nitrogens is 3. The first-order valence-corrected chi connectivity index (χ1v) is 13.6. The summed E-state index contributed by atoms with van der Waals surface area (Å²) in [6, 6.07) is 9.93. The molecule has 0 bridgehead atoms. The molecule has 1 aromatic carbocycles. The highest BCUT2D eigenvalue weighted by Gasteiger charge is 2.35. The maximum atomic E-state index is 14.0. The van der Waals surface area contributed by atoms with Crippen LogP contribution in [0.2, 0.25) is 5.02 Å². The lowest BCUT2D eigenvalue weighted by Crippen LogP contribution is -2.53. The molecule has 0 radical (unpaired) electrons. The second-order valence-corrected chi connectivity index (χ2v) is 10.9. The summed E-state index contributed by atoms with van der Waals surface area (Å²) in [5.74, 6) is -0.452. The summed E-state index contributed by atoms with van der Waals surface area (Å²) in [7, 11) is 1.67. The highest BCUT2D eigenvalue weighted by molar-refractivity contribution is 6.33. The Morgan fingerprint density at radius 3 is 2.52 bits per heavy atom. The first-order chi connectivity index (χ1) is 19.0. The number of piperidine rings is 1. The third kappa shape index (κ3) is 6.44. The molecule has 1 atom stereocenters. The number of carbonyl (C=O) groups excluding carboxylic acids is 3. The van der Waals surface area contributed by atoms with E-state index in [-0.39, 0.29) is 25.1 Å². The second-order valence-electron chi connectivity index (χ2n) is 10.5. The van der Waals surface area contributed by atoms with E-state index in [1.54, 1.807) is 72.6 Å². The van der Waals surface area contributed by atoms with E-state index in [1.807, 2.05) is 20.8 Å². The van der Waals surface area contributed by atoms with Crippen molar-refractivity contribution in [2.45, 2.75) is 52.2 Å². The summed E-state index contributed by atoms with van der Waals surface area (Å²) < 4.78 is 12.2. The zero-order valence-electron chi connectivity index (χ0n) is 23.4. The van der Waals surface area contributed by atoms with Gasteiger partial charge in [0, 0.05) is 37.5 Å². The number of aryl methyl sites for hydroxylation is 1. The molecule has 0 saturated carbocycles. The van der Waals surface area contributed by atoms with Gasteiger partial charge in [0.25, 0.3) is 5.91 Å². The average molecular weight is 568 g/mol. The fraction of sp³-hybridized carbons (Fsp3) is 0.414. The number of rotatable bonds is 6. The molecule has 1 fully saturated rings. The largest absolute Gasteiger partial charge is 0.461 e. The van der Waals surface area contributed by atoms with Crippen molar-refractivity contribution < 1.29 is 23.9 Å². The van der Waals surface area contributed by atoms with Gasteiger partial charge in [-0.25, -0.2) is 14.6 Å². The van der Waals surface area contributed by atoms with Crippen molar-refractivity contribution in [3.8, 4) is 11.1 Å². The van der Waals surface area contributed by atoms with Crippen molar-refractivity contribution in [1.82, 2.24) is 19.7 Å². The summed E-state index contributed by atoms with van der Waals surface area (Å²) in [5, 5.41) is 4.54. The minimum atomic E-state index is -0.632. The summed E-state index contributed by atoms with van der Waals surface area (Å²) in [6.07, 6.45) is 4.10. The fourth-order valence-corrected chi connectivity index (χ4v) is 4.88. The van der Waals surface area contributed by atoms with Crippen LogP contribution in [0.15, 0.2) is 48.8 Å². The first kappa shape index (κ1) is 29.1. The van der Waals surface area contributed by atoms with Gasteiger partial charge in [-0.15, -0.1) is 0 Å². The molecule has 40 heavy (non-hydrogen) atoms. The van der Waals surface area contributed by atoms with Crippen LogP contribution in [0.3, 0.4) is 0 Å². The summed E-state index contributed by atoms with van der Waals surface area (Å²) in [4.78, 5) is 47.0. The van der Waals surface area contributed by atoms with E-state index in [9.17, 15) is 14.4 Å². The molecule has 2 aromatic heterocycles. The maximum absolute atomic E-state index is 14.0. The average Bonchev–Trinajstić information content (AvgIpc) is 3.30. The Balaban J connectivity index is 1.64. The van der Waals surface area contributed by atoms with E-state index >= 15 is 0 Å². The van der Waals surface area contributed by atoms with Gasteiger partial charge in [-0.05, 0) is 70.4 Å². The van der Waals surface area contributed by atoms with Crippen molar-refractivity contribution in [2.75, 3.05) is 24.6 Å². The van der Waals surface area contributed by atoms with Crippen LogP contribution in [-0.2, 0) is 16.5 Å². The molecule has 1 saturated heterocycles.